The van der Waals surface area contributed by atoms with Crippen molar-refractivity contribution in [2.24, 2.45) is 0 Å². The van der Waals surface area contributed by atoms with Crippen molar-refractivity contribution in [3.63, 3.8) is 0 Å². The standard InChI is InChI=1S/C10H16O3/c1-2-3-4-5-6-10-12-8-9(7-11)13-10/h3-4,8,10-11H,2,5-7H2,1H3. The molecule has 1 aliphatic rings. The molecule has 0 radical (unpaired) electrons. The Morgan fingerprint density at radius 2 is 2.38 bits per heavy atom. The van der Waals surface area contributed by atoms with Crippen LogP contribution in [0.5, 0.6) is 0 Å². The number of ether oxygens (including phenoxy) is 2. The molecule has 3 heteroatoms. The van der Waals surface area contributed by atoms with Gasteiger partial charge in [-0.05, 0) is 12.8 Å². The average Bonchev–Trinajstić information content (AvgIpc) is 2.60. The van der Waals surface area contributed by atoms with Crippen molar-refractivity contribution in [2.75, 3.05) is 6.61 Å². The van der Waals surface area contributed by atoms with Crippen LogP contribution in [0.25, 0.3) is 0 Å². The first-order chi connectivity index (χ1) is 6.36. The molecule has 0 aliphatic carbocycles. The van der Waals surface area contributed by atoms with Crippen molar-refractivity contribution in [3.8, 4) is 0 Å². The third-order valence-electron chi connectivity index (χ3n) is 1.76. The van der Waals surface area contributed by atoms with Crippen LogP contribution >= 0.6 is 0 Å². The molecule has 13 heavy (non-hydrogen) atoms. The van der Waals surface area contributed by atoms with Crippen LogP contribution in [0.3, 0.4) is 0 Å². The van der Waals surface area contributed by atoms with Gasteiger partial charge in [-0.25, -0.2) is 0 Å². The fraction of sp³-hybridized carbons (Fsp3) is 0.600. The van der Waals surface area contributed by atoms with Crippen molar-refractivity contribution in [2.45, 2.75) is 32.5 Å². The second-order valence-corrected chi connectivity index (χ2v) is 2.88. The van der Waals surface area contributed by atoms with Gasteiger partial charge in [0.1, 0.15) is 12.9 Å². The molecule has 0 aromatic heterocycles. The quantitative estimate of drug-likeness (QED) is 0.663. The number of hydrogen-bond donors (Lipinski definition) is 1. The molecule has 0 saturated heterocycles. The van der Waals surface area contributed by atoms with E-state index in [-0.39, 0.29) is 12.9 Å². The lowest BCUT2D eigenvalue weighted by Crippen LogP contribution is -2.08. The third-order valence-corrected chi connectivity index (χ3v) is 1.76. The second kappa shape index (κ2) is 5.65. The smallest absolute Gasteiger partial charge is 0.240 e. The Kier molecular flexibility index (Phi) is 4.40. The van der Waals surface area contributed by atoms with Crippen LogP contribution in [0.15, 0.2) is 24.2 Å². The molecular formula is C10H16O3. The molecule has 0 aromatic carbocycles. The number of aliphatic hydroxyl groups excluding tert-OH is 1. The normalized spacial score (nSPS) is 21.4. The van der Waals surface area contributed by atoms with Gasteiger partial charge in [-0.15, -0.1) is 0 Å². The highest BCUT2D eigenvalue weighted by Gasteiger charge is 2.17. The molecular weight excluding hydrogens is 168 g/mol. The maximum Gasteiger partial charge on any atom is 0.240 e. The molecule has 0 bridgehead atoms. The van der Waals surface area contributed by atoms with E-state index in [9.17, 15) is 0 Å². The zero-order chi connectivity index (χ0) is 9.52. The molecule has 0 aromatic rings. The van der Waals surface area contributed by atoms with Crippen molar-refractivity contribution in [3.05, 3.63) is 24.2 Å². The fourth-order valence-corrected chi connectivity index (χ4v) is 1.09. The number of rotatable bonds is 5. The monoisotopic (exact) mass is 184 g/mol. The summed E-state index contributed by atoms with van der Waals surface area (Å²) >= 11 is 0. The second-order valence-electron chi connectivity index (χ2n) is 2.88. The summed E-state index contributed by atoms with van der Waals surface area (Å²) in [5.41, 5.74) is 0. The SMILES string of the molecule is CCC=CCCC1OC=C(CO)O1. The first kappa shape index (κ1) is 10.1. The number of aliphatic hydroxyl groups is 1. The van der Waals surface area contributed by atoms with E-state index in [2.05, 4.69) is 19.1 Å². The Morgan fingerprint density at radius 1 is 1.54 bits per heavy atom. The lowest BCUT2D eigenvalue weighted by atomic mass is 10.2. The van der Waals surface area contributed by atoms with Gasteiger partial charge in [-0.2, -0.15) is 0 Å². The summed E-state index contributed by atoms with van der Waals surface area (Å²) in [6.07, 6.45) is 8.35. The predicted molar refractivity (Wildman–Crippen MR) is 49.8 cm³/mol. The predicted octanol–water partition coefficient (Wildman–Crippen LogP) is 1.94. The summed E-state index contributed by atoms with van der Waals surface area (Å²) in [5, 5.41) is 8.71. The summed E-state index contributed by atoms with van der Waals surface area (Å²) in [6, 6.07) is 0. The van der Waals surface area contributed by atoms with E-state index in [1.165, 1.54) is 6.26 Å². The molecule has 1 heterocycles. The fourth-order valence-electron chi connectivity index (χ4n) is 1.09. The van der Waals surface area contributed by atoms with Crippen LogP contribution in [0.2, 0.25) is 0 Å². The highest BCUT2D eigenvalue weighted by atomic mass is 16.7. The summed E-state index contributed by atoms with van der Waals surface area (Å²) in [6.45, 7) is 2.02. The van der Waals surface area contributed by atoms with Gasteiger partial charge < -0.3 is 14.6 Å². The zero-order valence-electron chi connectivity index (χ0n) is 7.90. The first-order valence-electron chi connectivity index (χ1n) is 4.63. The van der Waals surface area contributed by atoms with Gasteiger partial charge in [0.2, 0.25) is 6.29 Å². The summed E-state index contributed by atoms with van der Waals surface area (Å²) < 4.78 is 10.4. The largest absolute Gasteiger partial charge is 0.459 e. The van der Waals surface area contributed by atoms with Crippen LogP contribution in [0, 0.1) is 0 Å². The Morgan fingerprint density at radius 3 is 3.00 bits per heavy atom. The van der Waals surface area contributed by atoms with Crippen LogP contribution in [-0.4, -0.2) is 18.0 Å². The van der Waals surface area contributed by atoms with E-state index in [4.69, 9.17) is 14.6 Å². The van der Waals surface area contributed by atoms with E-state index in [1.807, 2.05) is 0 Å². The number of allylic oxidation sites excluding steroid dienone is 2. The van der Waals surface area contributed by atoms with Crippen molar-refractivity contribution in [1.29, 1.82) is 0 Å². The van der Waals surface area contributed by atoms with Gasteiger partial charge in [-0.1, -0.05) is 19.1 Å². The van der Waals surface area contributed by atoms with E-state index >= 15 is 0 Å². The summed E-state index contributed by atoms with van der Waals surface area (Å²) in [4.78, 5) is 0. The van der Waals surface area contributed by atoms with Crippen molar-refractivity contribution >= 4 is 0 Å². The van der Waals surface area contributed by atoms with Gasteiger partial charge in [0, 0.05) is 6.42 Å². The third kappa shape index (κ3) is 3.51. The van der Waals surface area contributed by atoms with Crippen LogP contribution in [-0.2, 0) is 9.47 Å². The van der Waals surface area contributed by atoms with Gasteiger partial charge in [0.15, 0.2) is 5.76 Å². The molecule has 0 amide bonds. The van der Waals surface area contributed by atoms with Gasteiger partial charge in [0.25, 0.3) is 0 Å². The van der Waals surface area contributed by atoms with E-state index in [0.717, 1.165) is 19.3 Å². The lowest BCUT2D eigenvalue weighted by molar-refractivity contribution is -0.0411. The molecule has 1 N–H and O–H groups in total. The minimum absolute atomic E-state index is 0.0820. The Labute approximate surface area is 78.7 Å². The van der Waals surface area contributed by atoms with Gasteiger partial charge in [0.05, 0.1) is 0 Å². The summed E-state index contributed by atoms with van der Waals surface area (Å²) in [5.74, 6) is 0.518. The topological polar surface area (TPSA) is 38.7 Å². The lowest BCUT2D eigenvalue weighted by Gasteiger charge is -2.09. The Balaban J connectivity index is 2.09. The molecule has 74 valence electrons. The average molecular weight is 184 g/mol. The van der Waals surface area contributed by atoms with Crippen LogP contribution in [0.4, 0.5) is 0 Å². The zero-order valence-corrected chi connectivity index (χ0v) is 7.90. The first-order valence-corrected chi connectivity index (χ1v) is 4.63. The molecule has 1 atom stereocenters. The molecule has 3 nitrogen and oxygen atoms in total. The van der Waals surface area contributed by atoms with Gasteiger partial charge in [-0.3, -0.25) is 0 Å². The van der Waals surface area contributed by atoms with Crippen LogP contribution < -0.4 is 0 Å². The Bertz CT molecular complexity index is 196. The maximum atomic E-state index is 8.71. The molecule has 0 spiro atoms. The highest BCUT2D eigenvalue weighted by molar-refractivity contribution is 4.92. The molecule has 1 rings (SSSR count). The Hall–Kier alpha value is -0.960. The molecule has 1 unspecified atom stereocenters. The van der Waals surface area contributed by atoms with E-state index in [1.54, 1.807) is 0 Å². The minimum atomic E-state index is -0.205. The summed E-state index contributed by atoms with van der Waals surface area (Å²) in [7, 11) is 0. The van der Waals surface area contributed by atoms with Crippen molar-refractivity contribution < 1.29 is 14.6 Å². The maximum absolute atomic E-state index is 8.71. The van der Waals surface area contributed by atoms with Crippen LogP contribution in [0.1, 0.15) is 26.2 Å². The van der Waals surface area contributed by atoms with E-state index < -0.39 is 0 Å². The van der Waals surface area contributed by atoms with Crippen molar-refractivity contribution in [1.82, 2.24) is 0 Å². The molecule has 1 aliphatic heterocycles. The molecule has 0 fully saturated rings. The minimum Gasteiger partial charge on any atom is -0.459 e. The number of hydrogen-bond acceptors (Lipinski definition) is 3. The van der Waals surface area contributed by atoms with E-state index in [0.29, 0.717) is 5.76 Å². The highest BCUT2D eigenvalue weighted by Crippen LogP contribution is 2.17. The van der Waals surface area contributed by atoms with Gasteiger partial charge >= 0.3 is 0 Å². The molecule has 0 saturated carbocycles.